The van der Waals surface area contributed by atoms with Gasteiger partial charge in [0.15, 0.2) is 0 Å². The molecule has 8 heteroatoms. The van der Waals surface area contributed by atoms with Crippen molar-refractivity contribution in [2.45, 2.75) is 12.1 Å². The smallest absolute Gasteiger partial charge is 0.356 e. The van der Waals surface area contributed by atoms with E-state index in [0.717, 1.165) is 6.08 Å². The lowest BCUT2D eigenvalue weighted by molar-refractivity contribution is -0.609. The molecule has 1 atom stereocenters. The molecule has 0 fully saturated rings. The molecule has 1 aliphatic carbocycles. The van der Waals surface area contributed by atoms with E-state index >= 15 is 0 Å². The molecule has 0 amide bonds. The Labute approximate surface area is 77.1 Å². The fourth-order valence-corrected chi connectivity index (χ4v) is 1.04. The fourth-order valence-electron chi connectivity index (χ4n) is 1.04. The molecular formula is C6H6N2O6. The lowest BCUT2D eigenvalue weighted by Gasteiger charge is -2.16. The van der Waals surface area contributed by atoms with Crippen molar-refractivity contribution in [2.75, 3.05) is 0 Å². The van der Waals surface area contributed by atoms with Crippen molar-refractivity contribution >= 4 is 0 Å². The summed E-state index contributed by atoms with van der Waals surface area (Å²) >= 11 is 0. The van der Waals surface area contributed by atoms with Gasteiger partial charge in [-0.1, -0.05) is 0 Å². The number of nitrogens with zero attached hydrogens (tertiary/aromatic N) is 2. The number of aliphatic hydroxyl groups is 2. The Morgan fingerprint density at radius 1 is 1.43 bits per heavy atom. The second-order valence-electron chi connectivity index (χ2n) is 2.77. The van der Waals surface area contributed by atoms with Gasteiger partial charge >= 0.3 is 5.72 Å². The summed E-state index contributed by atoms with van der Waals surface area (Å²) in [6.07, 6.45) is 0.585. The number of hydrogen-bond donors (Lipinski definition) is 2. The van der Waals surface area contributed by atoms with E-state index in [0.29, 0.717) is 6.08 Å². The second-order valence-corrected chi connectivity index (χ2v) is 2.77. The molecular weight excluding hydrogens is 196 g/mol. The summed E-state index contributed by atoms with van der Waals surface area (Å²) in [6, 6.07) is 0. The van der Waals surface area contributed by atoms with Crippen LogP contribution in [0.5, 0.6) is 0 Å². The molecule has 0 aromatic heterocycles. The topological polar surface area (TPSA) is 127 Å². The zero-order chi connectivity index (χ0) is 10.9. The van der Waals surface area contributed by atoms with Gasteiger partial charge < -0.3 is 10.2 Å². The number of nitro groups is 2. The van der Waals surface area contributed by atoms with Gasteiger partial charge in [-0.05, 0) is 0 Å². The summed E-state index contributed by atoms with van der Waals surface area (Å²) in [5.41, 5.74) is -3.30. The van der Waals surface area contributed by atoms with E-state index < -0.39 is 33.4 Å². The maximum Gasteiger partial charge on any atom is 0.356 e. The lowest BCUT2D eigenvalue weighted by Crippen LogP contribution is -2.38. The van der Waals surface area contributed by atoms with Crippen LogP contribution in [0.2, 0.25) is 0 Å². The Morgan fingerprint density at radius 2 is 2.00 bits per heavy atom. The molecule has 0 aromatic carbocycles. The van der Waals surface area contributed by atoms with E-state index in [-0.39, 0.29) is 0 Å². The first-order chi connectivity index (χ1) is 6.35. The second kappa shape index (κ2) is 3.07. The molecule has 1 unspecified atom stereocenters. The van der Waals surface area contributed by atoms with E-state index in [9.17, 15) is 25.3 Å². The van der Waals surface area contributed by atoms with Gasteiger partial charge in [-0.25, -0.2) is 0 Å². The Morgan fingerprint density at radius 3 is 2.43 bits per heavy atom. The highest BCUT2D eigenvalue weighted by atomic mass is 16.7. The Balaban J connectivity index is 3.14. The number of rotatable bonds is 2. The molecule has 0 spiro atoms. The summed E-state index contributed by atoms with van der Waals surface area (Å²) in [5, 5.41) is 38.8. The summed E-state index contributed by atoms with van der Waals surface area (Å²) in [7, 11) is 0. The van der Waals surface area contributed by atoms with Crippen LogP contribution in [0.3, 0.4) is 0 Å². The molecule has 1 rings (SSSR count). The molecule has 0 aliphatic heterocycles. The van der Waals surface area contributed by atoms with Crippen LogP contribution in [-0.4, -0.2) is 25.8 Å². The molecule has 8 nitrogen and oxygen atoms in total. The van der Waals surface area contributed by atoms with Gasteiger partial charge in [0.05, 0.1) is 22.0 Å². The van der Waals surface area contributed by atoms with Crippen LogP contribution in [0.1, 0.15) is 6.42 Å². The van der Waals surface area contributed by atoms with Crippen LogP contribution in [0.4, 0.5) is 0 Å². The third kappa shape index (κ3) is 1.69. The number of hydrogen-bond acceptors (Lipinski definition) is 6. The van der Waals surface area contributed by atoms with Gasteiger partial charge in [0.1, 0.15) is 12.2 Å². The van der Waals surface area contributed by atoms with Crippen molar-refractivity contribution < 1.29 is 20.1 Å². The van der Waals surface area contributed by atoms with Gasteiger partial charge in [0, 0.05) is 0 Å². The normalized spacial score (nSPS) is 26.4. The minimum Gasteiger partial charge on any atom is -0.512 e. The highest BCUT2D eigenvalue weighted by Gasteiger charge is 2.44. The first-order valence-corrected chi connectivity index (χ1v) is 3.49. The highest BCUT2D eigenvalue weighted by Crippen LogP contribution is 2.25. The van der Waals surface area contributed by atoms with Crippen molar-refractivity contribution in [3.8, 4) is 0 Å². The van der Waals surface area contributed by atoms with Gasteiger partial charge in [-0.2, -0.15) is 0 Å². The Bertz CT molecular complexity index is 359. The molecule has 0 radical (unpaired) electrons. The quantitative estimate of drug-likeness (QED) is 0.367. The van der Waals surface area contributed by atoms with Gasteiger partial charge in [-0.3, -0.25) is 20.2 Å². The van der Waals surface area contributed by atoms with E-state index in [4.69, 9.17) is 5.11 Å². The molecule has 1 aliphatic rings. The van der Waals surface area contributed by atoms with Gasteiger partial charge in [0.2, 0.25) is 0 Å². The number of allylic oxidation sites excluding steroid dienone is 1. The van der Waals surface area contributed by atoms with Crippen LogP contribution < -0.4 is 0 Å². The highest BCUT2D eigenvalue weighted by molar-refractivity contribution is 5.23. The Kier molecular flexibility index (Phi) is 2.22. The van der Waals surface area contributed by atoms with Gasteiger partial charge in [-0.15, -0.1) is 0 Å². The first kappa shape index (κ1) is 10.1. The summed E-state index contributed by atoms with van der Waals surface area (Å²) in [6.45, 7) is 0. The van der Waals surface area contributed by atoms with E-state index in [1.165, 1.54) is 0 Å². The molecule has 76 valence electrons. The van der Waals surface area contributed by atoms with Crippen molar-refractivity contribution in [1.29, 1.82) is 0 Å². The SMILES string of the molecule is O=[N+]([O-])C1=CC(O)([N+](=O)[O-])CC(O)=C1. The van der Waals surface area contributed by atoms with E-state index in [2.05, 4.69) is 0 Å². The van der Waals surface area contributed by atoms with E-state index in [1.54, 1.807) is 0 Å². The van der Waals surface area contributed by atoms with Crippen molar-refractivity contribution in [1.82, 2.24) is 0 Å². The van der Waals surface area contributed by atoms with Crippen LogP contribution in [0, 0.1) is 20.2 Å². The van der Waals surface area contributed by atoms with Gasteiger partial charge in [0.25, 0.3) is 5.70 Å². The summed E-state index contributed by atoms with van der Waals surface area (Å²) in [5.74, 6) is -0.599. The van der Waals surface area contributed by atoms with E-state index in [1.807, 2.05) is 0 Å². The molecule has 0 saturated carbocycles. The lowest BCUT2D eigenvalue weighted by atomic mass is 10.0. The van der Waals surface area contributed by atoms with Crippen LogP contribution in [0.25, 0.3) is 0 Å². The zero-order valence-electron chi connectivity index (χ0n) is 6.78. The molecule has 2 N–H and O–H groups in total. The largest absolute Gasteiger partial charge is 0.512 e. The fraction of sp³-hybridized carbons (Fsp3) is 0.333. The maximum absolute atomic E-state index is 10.3. The molecule has 0 saturated heterocycles. The Hall–Kier alpha value is -1.96. The molecule has 0 heterocycles. The standard InChI is InChI=1S/C6H6N2O6/c9-5-1-4(7(11)12)2-6(10,3-5)8(13)14/h1-2,9-10H,3H2. The molecule has 0 aromatic rings. The minimum atomic E-state index is -2.60. The van der Waals surface area contributed by atoms with Crippen LogP contribution >= 0.6 is 0 Å². The molecule has 0 bridgehead atoms. The average Bonchev–Trinajstić information content (AvgIpc) is 2.02. The van der Waals surface area contributed by atoms with Crippen LogP contribution in [0.15, 0.2) is 23.6 Å². The van der Waals surface area contributed by atoms with Crippen molar-refractivity contribution in [3.05, 3.63) is 43.8 Å². The predicted molar refractivity (Wildman–Crippen MR) is 42.4 cm³/mol. The average molecular weight is 202 g/mol. The maximum atomic E-state index is 10.3. The summed E-state index contributed by atoms with van der Waals surface area (Å²) in [4.78, 5) is 18.6. The third-order valence-electron chi connectivity index (χ3n) is 1.66. The number of aliphatic hydroxyl groups excluding tert-OH is 1. The predicted octanol–water partition coefficient (Wildman–Crippen LogP) is -0.0421. The summed E-state index contributed by atoms with van der Waals surface area (Å²) < 4.78 is 0. The van der Waals surface area contributed by atoms with Crippen molar-refractivity contribution in [2.24, 2.45) is 0 Å². The van der Waals surface area contributed by atoms with Crippen molar-refractivity contribution in [3.63, 3.8) is 0 Å². The minimum absolute atomic E-state index is 0.493. The first-order valence-electron chi connectivity index (χ1n) is 3.49. The third-order valence-corrected chi connectivity index (χ3v) is 1.66. The van der Waals surface area contributed by atoms with Crippen LogP contribution in [-0.2, 0) is 0 Å². The molecule has 14 heavy (non-hydrogen) atoms. The zero-order valence-corrected chi connectivity index (χ0v) is 6.78. The monoisotopic (exact) mass is 202 g/mol.